The van der Waals surface area contributed by atoms with Gasteiger partial charge in [0.2, 0.25) is 5.88 Å². The number of hydrogen-bond acceptors (Lipinski definition) is 6. The fourth-order valence-corrected chi connectivity index (χ4v) is 4.41. The Bertz CT molecular complexity index is 1240. The van der Waals surface area contributed by atoms with E-state index in [0.29, 0.717) is 36.5 Å². The molecule has 0 spiro atoms. The van der Waals surface area contributed by atoms with E-state index in [-0.39, 0.29) is 30.6 Å². The zero-order chi connectivity index (χ0) is 26.2. The van der Waals surface area contributed by atoms with Crippen LogP contribution in [-0.4, -0.2) is 69.7 Å². The van der Waals surface area contributed by atoms with Crippen molar-refractivity contribution in [1.82, 2.24) is 19.8 Å². The Morgan fingerprint density at radius 3 is 2.70 bits per heavy atom. The van der Waals surface area contributed by atoms with E-state index in [2.05, 4.69) is 33.6 Å². The number of carbonyl (C=O) groups is 1. The van der Waals surface area contributed by atoms with E-state index in [1.54, 1.807) is 23.4 Å². The second-order valence-electron chi connectivity index (χ2n) is 9.72. The Morgan fingerprint density at radius 1 is 1.19 bits per heavy atom. The van der Waals surface area contributed by atoms with Crippen molar-refractivity contribution in [2.45, 2.75) is 39.0 Å². The van der Waals surface area contributed by atoms with Crippen LogP contribution < -0.4 is 4.74 Å². The molecule has 0 bridgehead atoms. The van der Waals surface area contributed by atoms with Crippen molar-refractivity contribution in [3.05, 3.63) is 89.4 Å². The van der Waals surface area contributed by atoms with Crippen molar-refractivity contribution in [2.24, 2.45) is 5.92 Å². The summed E-state index contributed by atoms with van der Waals surface area (Å²) in [5.41, 5.74) is 3.27. The van der Waals surface area contributed by atoms with Gasteiger partial charge in [-0.2, -0.15) is 0 Å². The zero-order valence-corrected chi connectivity index (χ0v) is 21.7. The summed E-state index contributed by atoms with van der Waals surface area (Å²) in [4.78, 5) is 26.2. The number of ether oxygens (including phenoxy) is 1. The molecule has 1 aliphatic rings. The standard InChI is InChI=1S/C30H34N4O3/c1-22-18-34(23(2)21-35)30(36)27-15-25(12-7-11-24-9-5-4-6-10-24)17-32-29(27)37-28(22)20-33(3)19-26-13-8-14-31-16-26/h4-6,8-10,13-17,22-23,28,35H,11,18-21H2,1-3H3/t22-,23-,28-/m1/s1. The molecule has 0 unspecified atom stereocenters. The van der Waals surface area contributed by atoms with Crippen LogP contribution in [0.2, 0.25) is 0 Å². The minimum atomic E-state index is -0.331. The second kappa shape index (κ2) is 12.5. The lowest BCUT2D eigenvalue weighted by Crippen LogP contribution is -2.49. The fourth-order valence-electron chi connectivity index (χ4n) is 4.41. The first-order valence-electron chi connectivity index (χ1n) is 12.6. The number of aliphatic hydroxyl groups excluding tert-OH is 1. The van der Waals surface area contributed by atoms with Crippen molar-refractivity contribution >= 4 is 5.91 Å². The fraction of sp³-hybridized carbons (Fsp3) is 0.367. The minimum Gasteiger partial charge on any atom is -0.472 e. The van der Waals surface area contributed by atoms with Crippen LogP contribution in [0.15, 0.2) is 67.1 Å². The molecule has 3 aromatic rings. The van der Waals surface area contributed by atoms with Crippen molar-refractivity contribution in [2.75, 3.05) is 26.7 Å². The lowest BCUT2D eigenvalue weighted by molar-refractivity contribution is 0.0325. The lowest BCUT2D eigenvalue weighted by Gasteiger charge is -2.37. The number of benzene rings is 1. The molecule has 1 aromatic carbocycles. The number of fused-ring (bicyclic) bond motifs is 1. The first-order chi connectivity index (χ1) is 17.9. The van der Waals surface area contributed by atoms with E-state index in [9.17, 15) is 9.90 Å². The Balaban J connectivity index is 1.59. The molecule has 0 fully saturated rings. The highest BCUT2D eigenvalue weighted by atomic mass is 16.5. The Hall–Kier alpha value is -3.73. The molecule has 1 N–H and O–H groups in total. The van der Waals surface area contributed by atoms with Crippen LogP contribution in [0, 0.1) is 17.8 Å². The van der Waals surface area contributed by atoms with Gasteiger partial charge in [0, 0.05) is 56.1 Å². The van der Waals surface area contributed by atoms with Crippen LogP contribution in [0.4, 0.5) is 0 Å². The highest BCUT2D eigenvalue weighted by Gasteiger charge is 2.34. The topological polar surface area (TPSA) is 78.8 Å². The van der Waals surface area contributed by atoms with Gasteiger partial charge in [-0.25, -0.2) is 4.98 Å². The highest BCUT2D eigenvalue weighted by molar-refractivity contribution is 5.97. The highest BCUT2D eigenvalue weighted by Crippen LogP contribution is 2.27. The van der Waals surface area contributed by atoms with Gasteiger partial charge in [-0.15, -0.1) is 0 Å². The Morgan fingerprint density at radius 2 is 1.97 bits per heavy atom. The molecule has 0 radical (unpaired) electrons. The van der Waals surface area contributed by atoms with Gasteiger partial charge in [-0.1, -0.05) is 55.2 Å². The third kappa shape index (κ3) is 6.94. The Labute approximate surface area is 219 Å². The normalized spacial score (nSPS) is 18.2. The van der Waals surface area contributed by atoms with Crippen LogP contribution >= 0.6 is 0 Å². The van der Waals surface area contributed by atoms with Crippen molar-refractivity contribution < 1.29 is 14.6 Å². The number of likely N-dealkylation sites (N-methyl/N-ethyl adjacent to an activating group) is 1. The largest absolute Gasteiger partial charge is 0.472 e. The van der Waals surface area contributed by atoms with E-state index in [0.717, 1.165) is 17.7 Å². The van der Waals surface area contributed by atoms with Crippen molar-refractivity contribution in [1.29, 1.82) is 0 Å². The van der Waals surface area contributed by atoms with Gasteiger partial charge in [0.15, 0.2) is 0 Å². The molecule has 2 aromatic heterocycles. The monoisotopic (exact) mass is 498 g/mol. The molecule has 37 heavy (non-hydrogen) atoms. The molecular formula is C30H34N4O3. The molecule has 1 aliphatic heterocycles. The van der Waals surface area contributed by atoms with Crippen LogP contribution in [0.25, 0.3) is 0 Å². The average Bonchev–Trinajstić information content (AvgIpc) is 2.91. The van der Waals surface area contributed by atoms with Gasteiger partial charge in [-0.05, 0) is 37.2 Å². The molecule has 7 heteroatoms. The van der Waals surface area contributed by atoms with Crippen LogP contribution in [-0.2, 0) is 13.0 Å². The van der Waals surface area contributed by atoms with Crippen LogP contribution in [0.1, 0.15) is 40.9 Å². The van der Waals surface area contributed by atoms with Crippen LogP contribution in [0.3, 0.4) is 0 Å². The Kier molecular flexibility index (Phi) is 8.89. The molecule has 0 saturated carbocycles. The average molecular weight is 499 g/mol. The summed E-state index contributed by atoms with van der Waals surface area (Å²) in [7, 11) is 2.04. The smallest absolute Gasteiger partial charge is 0.259 e. The maximum atomic E-state index is 13.6. The summed E-state index contributed by atoms with van der Waals surface area (Å²) in [6.45, 7) is 5.64. The maximum absolute atomic E-state index is 13.6. The predicted molar refractivity (Wildman–Crippen MR) is 143 cm³/mol. The number of hydrogen-bond donors (Lipinski definition) is 1. The molecule has 0 saturated heterocycles. The number of rotatable bonds is 7. The number of aliphatic hydroxyl groups is 1. The lowest BCUT2D eigenvalue weighted by atomic mass is 9.99. The van der Waals surface area contributed by atoms with E-state index in [1.807, 2.05) is 62.6 Å². The van der Waals surface area contributed by atoms with Crippen LogP contribution in [0.5, 0.6) is 5.88 Å². The number of nitrogens with zero attached hydrogens (tertiary/aromatic N) is 4. The number of pyridine rings is 2. The SMILES string of the molecule is C[C@@H]1CN([C@H](C)CO)C(=O)c2cc(C#CCc3ccccc3)cnc2O[C@@H]1CN(C)Cc1cccnc1. The second-order valence-corrected chi connectivity index (χ2v) is 9.72. The quantitative estimate of drug-likeness (QED) is 0.503. The van der Waals surface area contributed by atoms with Gasteiger partial charge in [0.05, 0.1) is 12.6 Å². The van der Waals surface area contributed by atoms with Gasteiger partial charge in [0.1, 0.15) is 11.7 Å². The minimum absolute atomic E-state index is 0.0228. The summed E-state index contributed by atoms with van der Waals surface area (Å²) in [6, 6.07) is 15.4. The molecular weight excluding hydrogens is 464 g/mol. The van der Waals surface area contributed by atoms with E-state index in [4.69, 9.17) is 4.74 Å². The zero-order valence-electron chi connectivity index (χ0n) is 21.7. The summed E-state index contributed by atoms with van der Waals surface area (Å²) in [5.74, 6) is 6.43. The third-order valence-electron chi connectivity index (χ3n) is 6.56. The first-order valence-corrected chi connectivity index (χ1v) is 12.6. The van der Waals surface area contributed by atoms with Gasteiger partial charge < -0.3 is 14.7 Å². The van der Waals surface area contributed by atoms with Crippen molar-refractivity contribution in [3.63, 3.8) is 0 Å². The molecule has 192 valence electrons. The van der Waals surface area contributed by atoms with E-state index < -0.39 is 0 Å². The molecule has 3 heterocycles. The first kappa shape index (κ1) is 26.3. The predicted octanol–water partition coefficient (Wildman–Crippen LogP) is 3.42. The third-order valence-corrected chi connectivity index (χ3v) is 6.56. The number of carbonyl (C=O) groups excluding carboxylic acids is 1. The van der Waals surface area contributed by atoms with Gasteiger partial charge in [0.25, 0.3) is 5.91 Å². The molecule has 0 aliphatic carbocycles. The van der Waals surface area contributed by atoms with Gasteiger partial charge >= 0.3 is 0 Å². The van der Waals surface area contributed by atoms with E-state index in [1.165, 1.54) is 0 Å². The molecule has 1 amide bonds. The van der Waals surface area contributed by atoms with Crippen molar-refractivity contribution in [3.8, 4) is 17.7 Å². The molecule has 7 nitrogen and oxygen atoms in total. The summed E-state index contributed by atoms with van der Waals surface area (Å²) in [5, 5.41) is 9.88. The summed E-state index contributed by atoms with van der Waals surface area (Å²) >= 11 is 0. The number of aromatic nitrogens is 2. The maximum Gasteiger partial charge on any atom is 0.259 e. The molecule has 4 rings (SSSR count). The summed E-state index contributed by atoms with van der Waals surface area (Å²) < 4.78 is 6.39. The summed E-state index contributed by atoms with van der Waals surface area (Å²) in [6.07, 6.45) is 5.69. The molecule has 3 atom stereocenters. The van der Waals surface area contributed by atoms with E-state index >= 15 is 0 Å². The van der Waals surface area contributed by atoms with Gasteiger partial charge in [-0.3, -0.25) is 14.7 Å². The number of amides is 1.